The van der Waals surface area contributed by atoms with Gasteiger partial charge in [0.25, 0.3) is 5.91 Å². The molecule has 2 aromatic carbocycles. The van der Waals surface area contributed by atoms with Gasteiger partial charge in [-0.3, -0.25) is 4.79 Å². The number of hydrogen-bond donors (Lipinski definition) is 1. The second-order valence-electron chi connectivity index (χ2n) is 6.29. The summed E-state index contributed by atoms with van der Waals surface area (Å²) in [5, 5.41) is 9.35. The number of amides is 1. The molecule has 1 aliphatic heterocycles. The number of carbonyl (C=O) groups is 2. The van der Waals surface area contributed by atoms with Gasteiger partial charge in [-0.2, -0.15) is 0 Å². The number of aliphatic carboxylic acids is 1. The van der Waals surface area contributed by atoms with E-state index >= 15 is 0 Å². The Hall–Kier alpha value is -2.89. The normalized spacial score (nSPS) is 17.0. The minimum absolute atomic E-state index is 0.187. The summed E-state index contributed by atoms with van der Waals surface area (Å²) in [5.74, 6) is -1.23. The number of nitrogens with zero attached hydrogens (tertiary/aromatic N) is 1. The second kappa shape index (κ2) is 7.99. The van der Waals surface area contributed by atoms with Crippen molar-refractivity contribution in [3.63, 3.8) is 0 Å². The van der Waals surface area contributed by atoms with Crippen LogP contribution in [0.2, 0.25) is 0 Å². The molecule has 1 aliphatic rings. The summed E-state index contributed by atoms with van der Waals surface area (Å²) in [4.78, 5) is 25.6. The van der Waals surface area contributed by atoms with Crippen molar-refractivity contribution in [2.75, 3.05) is 6.54 Å². The van der Waals surface area contributed by atoms with Gasteiger partial charge in [0.05, 0.1) is 0 Å². The van der Waals surface area contributed by atoms with Crippen LogP contribution >= 0.6 is 0 Å². The lowest BCUT2D eigenvalue weighted by Gasteiger charge is -2.33. The lowest BCUT2D eigenvalue weighted by atomic mass is 10.0. The van der Waals surface area contributed by atoms with Gasteiger partial charge < -0.3 is 14.7 Å². The smallest absolute Gasteiger partial charge is 0.326 e. The molecule has 1 fully saturated rings. The molecule has 0 aliphatic carbocycles. The summed E-state index contributed by atoms with van der Waals surface area (Å²) in [6, 6.07) is 12.0. The summed E-state index contributed by atoms with van der Waals surface area (Å²) in [6.45, 7) is 0.632. The SMILES string of the molecule is O=C(O)C1CCCCN1C(=O)c1cccc(COc2cccc(F)c2)c1. The van der Waals surface area contributed by atoms with Crippen LogP contribution in [-0.4, -0.2) is 34.5 Å². The fourth-order valence-corrected chi connectivity index (χ4v) is 3.11. The molecule has 26 heavy (non-hydrogen) atoms. The number of carboxylic acid groups (broad SMARTS) is 1. The maximum Gasteiger partial charge on any atom is 0.326 e. The third kappa shape index (κ3) is 4.20. The van der Waals surface area contributed by atoms with E-state index in [1.54, 1.807) is 36.4 Å². The maximum atomic E-state index is 13.2. The van der Waals surface area contributed by atoms with Gasteiger partial charge in [-0.25, -0.2) is 9.18 Å². The molecule has 1 unspecified atom stereocenters. The standard InChI is InChI=1S/C20H20FNO4/c21-16-7-4-8-17(12-16)26-13-14-5-3-6-15(11-14)19(23)22-10-2-1-9-18(22)20(24)25/h3-8,11-12,18H,1-2,9-10,13H2,(H,24,25). The molecule has 0 saturated carbocycles. The number of likely N-dealkylation sites (tertiary alicyclic amines) is 1. The molecule has 2 aromatic rings. The van der Waals surface area contributed by atoms with Crippen LogP contribution in [0.25, 0.3) is 0 Å². The average molecular weight is 357 g/mol. The Bertz CT molecular complexity index is 808. The zero-order valence-corrected chi connectivity index (χ0v) is 14.2. The summed E-state index contributed by atoms with van der Waals surface area (Å²) in [7, 11) is 0. The second-order valence-corrected chi connectivity index (χ2v) is 6.29. The van der Waals surface area contributed by atoms with Crippen LogP contribution in [-0.2, 0) is 11.4 Å². The third-order valence-corrected chi connectivity index (χ3v) is 4.42. The molecule has 1 atom stereocenters. The third-order valence-electron chi connectivity index (χ3n) is 4.42. The van der Waals surface area contributed by atoms with E-state index in [0.29, 0.717) is 24.3 Å². The van der Waals surface area contributed by atoms with Crippen molar-refractivity contribution >= 4 is 11.9 Å². The number of piperidine rings is 1. The quantitative estimate of drug-likeness (QED) is 0.890. The van der Waals surface area contributed by atoms with Crippen molar-refractivity contribution < 1.29 is 23.8 Å². The van der Waals surface area contributed by atoms with E-state index in [2.05, 4.69) is 0 Å². The van der Waals surface area contributed by atoms with Crippen LogP contribution in [0.4, 0.5) is 4.39 Å². The Balaban J connectivity index is 1.71. The minimum Gasteiger partial charge on any atom is -0.489 e. The van der Waals surface area contributed by atoms with Gasteiger partial charge >= 0.3 is 5.97 Å². The molecule has 0 radical (unpaired) electrons. The van der Waals surface area contributed by atoms with E-state index in [-0.39, 0.29) is 18.3 Å². The van der Waals surface area contributed by atoms with Crippen LogP contribution in [0.5, 0.6) is 5.75 Å². The van der Waals surface area contributed by atoms with Gasteiger partial charge in [-0.15, -0.1) is 0 Å². The van der Waals surface area contributed by atoms with Crippen LogP contribution in [0, 0.1) is 5.82 Å². The van der Waals surface area contributed by atoms with Crippen LogP contribution in [0.15, 0.2) is 48.5 Å². The average Bonchev–Trinajstić information content (AvgIpc) is 2.66. The first kappa shape index (κ1) is 17.9. The summed E-state index contributed by atoms with van der Waals surface area (Å²) in [5.41, 5.74) is 1.18. The molecule has 1 N–H and O–H groups in total. The number of halogens is 1. The zero-order chi connectivity index (χ0) is 18.5. The summed E-state index contributed by atoms with van der Waals surface area (Å²) >= 11 is 0. The van der Waals surface area contributed by atoms with E-state index in [1.807, 2.05) is 0 Å². The first-order valence-corrected chi connectivity index (χ1v) is 8.55. The molecule has 1 amide bonds. The molecule has 1 heterocycles. The number of benzene rings is 2. The highest BCUT2D eigenvalue weighted by atomic mass is 19.1. The number of carboxylic acids is 1. The van der Waals surface area contributed by atoms with Crippen molar-refractivity contribution in [1.29, 1.82) is 0 Å². The lowest BCUT2D eigenvalue weighted by molar-refractivity contribution is -0.143. The van der Waals surface area contributed by atoms with Crippen LogP contribution < -0.4 is 4.74 Å². The van der Waals surface area contributed by atoms with E-state index < -0.39 is 12.0 Å². The molecule has 0 bridgehead atoms. The molecule has 5 nitrogen and oxygen atoms in total. The Morgan fingerprint density at radius 3 is 2.73 bits per heavy atom. The van der Waals surface area contributed by atoms with E-state index in [9.17, 15) is 19.1 Å². The predicted octanol–water partition coefficient (Wildman–Crippen LogP) is 3.48. The van der Waals surface area contributed by atoms with Gasteiger partial charge in [0.2, 0.25) is 0 Å². The van der Waals surface area contributed by atoms with Crippen molar-refractivity contribution in [2.45, 2.75) is 31.9 Å². The molecular weight excluding hydrogens is 337 g/mol. The lowest BCUT2D eigenvalue weighted by Crippen LogP contribution is -2.48. The monoisotopic (exact) mass is 357 g/mol. The molecule has 0 spiro atoms. The number of carbonyl (C=O) groups excluding carboxylic acids is 1. The van der Waals surface area contributed by atoms with E-state index in [0.717, 1.165) is 18.4 Å². The summed E-state index contributed by atoms with van der Waals surface area (Å²) < 4.78 is 18.7. The van der Waals surface area contributed by atoms with Gasteiger partial charge in [0.1, 0.15) is 24.2 Å². The van der Waals surface area contributed by atoms with Crippen LogP contribution in [0.1, 0.15) is 35.2 Å². The highest BCUT2D eigenvalue weighted by molar-refractivity contribution is 5.96. The topological polar surface area (TPSA) is 66.8 Å². The van der Waals surface area contributed by atoms with Gasteiger partial charge in [-0.1, -0.05) is 18.2 Å². The molecule has 6 heteroatoms. The Kier molecular flexibility index (Phi) is 5.51. The first-order valence-electron chi connectivity index (χ1n) is 8.55. The van der Waals surface area contributed by atoms with Crippen molar-refractivity contribution in [3.05, 3.63) is 65.5 Å². The van der Waals surface area contributed by atoms with Crippen molar-refractivity contribution in [1.82, 2.24) is 4.90 Å². The molecule has 3 rings (SSSR count). The fraction of sp³-hybridized carbons (Fsp3) is 0.300. The molecule has 136 valence electrons. The highest BCUT2D eigenvalue weighted by Gasteiger charge is 2.32. The highest BCUT2D eigenvalue weighted by Crippen LogP contribution is 2.21. The van der Waals surface area contributed by atoms with Gasteiger partial charge in [-0.05, 0) is 49.1 Å². The summed E-state index contributed by atoms with van der Waals surface area (Å²) in [6.07, 6.45) is 2.09. The minimum atomic E-state index is -0.969. The first-order chi connectivity index (χ1) is 12.5. The number of ether oxygens (including phenoxy) is 1. The largest absolute Gasteiger partial charge is 0.489 e. The predicted molar refractivity (Wildman–Crippen MR) is 93.5 cm³/mol. The van der Waals surface area contributed by atoms with Gasteiger partial charge in [0.15, 0.2) is 0 Å². The van der Waals surface area contributed by atoms with Crippen molar-refractivity contribution in [2.24, 2.45) is 0 Å². The van der Waals surface area contributed by atoms with Gasteiger partial charge in [0, 0.05) is 18.2 Å². The molecular formula is C20H20FNO4. The van der Waals surface area contributed by atoms with E-state index in [4.69, 9.17) is 4.74 Å². The zero-order valence-electron chi connectivity index (χ0n) is 14.2. The Morgan fingerprint density at radius 2 is 1.96 bits per heavy atom. The Morgan fingerprint density at radius 1 is 1.15 bits per heavy atom. The fourth-order valence-electron chi connectivity index (χ4n) is 3.11. The number of hydrogen-bond acceptors (Lipinski definition) is 3. The number of rotatable bonds is 5. The molecule has 1 saturated heterocycles. The maximum absolute atomic E-state index is 13.2. The van der Waals surface area contributed by atoms with Crippen molar-refractivity contribution in [3.8, 4) is 5.75 Å². The molecule has 0 aromatic heterocycles. The van der Waals surface area contributed by atoms with E-state index in [1.165, 1.54) is 17.0 Å². The van der Waals surface area contributed by atoms with Crippen LogP contribution in [0.3, 0.4) is 0 Å². The Labute approximate surface area is 151 Å².